The van der Waals surface area contributed by atoms with Crippen LogP contribution in [0.25, 0.3) is 0 Å². The largest absolute Gasteiger partial charge is 0.497 e. The fraction of sp³-hybridized carbons (Fsp3) is 0.143. The highest BCUT2D eigenvalue weighted by molar-refractivity contribution is 6.31. The summed E-state index contributed by atoms with van der Waals surface area (Å²) in [5, 5.41) is 4.60. The summed E-state index contributed by atoms with van der Waals surface area (Å²) in [6, 6.07) is 8.85. The summed E-state index contributed by atoms with van der Waals surface area (Å²) in [5.74, 6) is 0.269. The summed E-state index contributed by atoms with van der Waals surface area (Å²) in [5.41, 5.74) is 1.13. The van der Waals surface area contributed by atoms with E-state index in [1.165, 1.54) is 24.0 Å². The molecule has 0 aliphatic rings. The molecule has 1 heterocycles. The Labute approximate surface area is 121 Å². The molecule has 0 N–H and O–H groups in total. The fourth-order valence-corrected chi connectivity index (χ4v) is 1.79. The molecule has 0 saturated heterocycles. The number of benzene rings is 1. The Morgan fingerprint density at radius 1 is 1.30 bits per heavy atom. The molecule has 0 amide bonds. The zero-order valence-electron chi connectivity index (χ0n) is 11.0. The molecule has 1 aromatic heterocycles. The van der Waals surface area contributed by atoms with Crippen LogP contribution in [-0.4, -0.2) is 31.1 Å². The molecule has 0 saturated carbocycles. The molecule has 0 radical (unpaired) electrons. The van der Waals surface area contributed by atoms with Gasteiger partial charge in [-0.15, -0.1) is 0 Å². The van der Waals surface area contributed by atoms with E-state index in [1.807, 2.05) is 24.3 Å². The number of ether oxygens (including phenoxy) is 2. The topological polar surface area (TPSA) is 52.8 Å². The van der Waals surface area contributed by atoms with Gasteiger partial charge in [0.25, 0.3) is 0 Å². The molecule has 5 nitrogen and oxygen atoms in total. The lowest BCUT2D eigenvalue weighted by Gasteiger charge is -2.01. The number of halogens is 1. The maximum Gasteiger partial charge on any atom is 0.356 e. The van der Waals surface area contributed by atoms with Crippen LogP contribution in [0.15, 0.2) is 41.6 Å². The van der Waals surface area contributed by atoms with Crippen LogP contribution in [0.4, 0.5) is 0 Å². The highest BCUT2D eigenvalue weighted by Gasteiger charge is 2.12. The lowest BCUT2D eigenvalue weighted by molar-refractivity contribution is 0.0589. The van der Waals surface area contributed by atoms with Crippen molar-refractivity contribution in [2.45, 2.75) is 0 Å². The van der Waals surface area contributed by atoms with E-state index in [-0.39, 0.29) is 5.69 Å². The molecule has 0 bridgehead atoms. The Bertz CT molecular complexity index is 632. The van der Waals surface area contributed by atoms with Gasteiger partial charge >= 0.3 is 5.97 Å². The van der Waals surface area contributed by atoms with E-state index in [2.05, 4.69) is 9.84 Å². The van der Waals surface area contributed by atoms with Crippen molar-refractivity contribution in [3.63, 3.8) is 0 Å². The van der Waals surface area contributed by atoms with Crippen molar-refractivity contribution in [3.8, 4) is 5.75 Å². The number of carbonyl (C=O) groups is 1. The quantitative estimate of drug-likeness (QED) is 0.643. The van der Waals surface area contributed by atoms with Gasteiger partial charge in [0.1, 0.15) is 5.75 Å². The van der Waals surface area contributed by atoms with Gasteiger partial charge in [-0.2, -0.15) is 5.10 Å². The van der Waals surface area contributed by atoms with E-state index in [1.54, 1.807) is 13.3 Å². The van der Waals surface area contributed by atoms with Gasteiger partial charge in [0.05, 0.1) is 25.5 Å². The summed E-state index contributed by atoms with van der Waals surface area (Å²) in [7, 11) is 2.91. The monoisotopic (exact) mass is 292 g/mol. The lowest BCUT2D eigenvalue weighted by Crippen LogP contribution is -2.06. The minimum Gasteiger partial charge on any atom is -0.497 e. The molecule has 104 valence electrons. The van der Waals surface area contributed by atoms with Crippen molar-refractivity contribution in [1.29, 1.82) is 0 Å². The molecule has 0 aliphatic carbocycles. The molecule has 2 aromatic rings. The third-order valence-corrected chi connectivity index (χ3v) is 2.82. The van der Waals surface area contributed by atoms with Gasteiger partial charge in [-0.1, -0.05) is 11.6 Å². The van der Waals surface area contributed by atoms with Gasteiger partial charge in [0.2, 0.25) is 0 Å². The van der Waals surface area contributed by atoms with Crippen LogP contribution in [-0.2, 0) is 4.74 Å². The van der Waals surface area contributed by atoms with Crippen LogP contribution in [0.1, 0.15) is 16.1 Å². The first-order chi connectivity index (χ1) is 9.63. The third-order valence-electron chi connectivity index (χ3n) is 2.61. The first kappa shape index (κ1) is 14.1. The van der Waals surface area contributed by atoms with Gasteiger partial charge in [-0.3, -0.25) is 0 Å². The maximum absolute atomic E-state index is 11.6. The second kappa shape index (κ2) is 6.25. The zero-order chi connectivity index (χ0) is 14.5. The normalized spacial score (nSPS) is 10.8. The molecule has 1 aromatic carbocycles. The summed E-state index contributed by atoms with van der Waals surface area (Å²) in [4.78, 5) is 11.6. The molecule has 0 fully saturated rings. The van der Waals surface area contributed by atoms with Gasteiger partial charge in [-0.25, -0.2) is 9.47 Å². The smallest absolute Gasteiger partial charge is 0.356 e. The van der Waals surface area contributed by atoms with Crippen molar-refractivity contribution in [1.82, 2.24) is 4.68 Å². The molecule has 20 heavy (non-hydrogen) atoms. The number of carbonyl (C=O) groups excluding carboxylic acids is 1. The second-order valence-electron chi connectivity index (χ2n) is 3.90. The van der Waals surface area contributed by atoms with Crippen molar-refractivity contribution in [2.75, 3.05) is 14.2 Å². The van der Waals surface area contributed by atoms with Crippen LogP contribution in [0.2, 0.25) is 5.02 Å². The van der Waals surface area contributed by atoms with E-state index in [0.717, 1.165) is 11.3 Å². The average molecular weight is 293 g/mol. The highest BCUT2D eigenvalue weighted by Crippen LogP contribution is 2.15. The van der Waals surface area contributed by atoms with Gasteiger partial charge < -0.3 is 9.47 Å². The standard InChI is InChI=1S/C14H13ClN2O3/c1-19-12-5-3-10(4-6-12)8-16-17-9-11(15)7-13(17)14(18)20-2/h3-9H,1-2H3/b16-8+. The van der Waals surface area contributed by atoms with Crippen LogP contribution in [0.3, 0.4) is 0 Å². The van der Waals surface area contributed by atoms with Crippen molar-refractivity contribution in [2.24, 2.45) is 5.10 Å². The molecule has 2 rings (SSSR count). The number of methoxy groups -OCH3 is 2. The van der Waals surface area contributed by atoms with E-state index in [4.69, 9.17) is 16.3 Å². The Balaban J connectivity index is 2.24. The fourth-order valence-electron chi connectivity index (χ4n) is 1.59. The minimum atomic E-state index is -0.496. The Morgan fingerprint density at radius 3 is 2.60 bits per heavy atom. The molecule has 0 atom stereocenters. The van der Waals surface area contributed by atoms with E-state index < -0.39 is 5.97 Å². The van der Waals surface area contributed by atoms with Gasteiger partial charge in [-0.05, 0) is 35.9 Å². The summed E-state index contributed by atoms with van der Waals surface area (Å²) < 4.78 is 11.1. The number of hydrogen-bond acceptors (Lipinski definition) is 4. The Morgan fingerprint density at radius 2 is 2.00 bits per heavy atom. The molecular weight excluding hydrogens is 280 g/mol. The summed E-state index contributed by atoms with van der Waals surface area (Å²) in [6.07, 6.45) is 3.15. The summed E-state index contributed by atoms with van der Waals surface area (Å²) >= 11 is 5.87. The number of hydrogen-bond donors (Lipinski definition) is 0. The third kappa shape index (κ3) is 3.19. The number of aromatic nitrogens is 1. The van der Waals surface area contributed by atoms with E-state index in [9.17, 15) is 4.79 Å². The Hall–Kier alpha value is -2.27. The molecule has 6 heteroatoms. The second-order valence-corrected chi connectivity index (χ2v) is 4.33. The molecule has 0 spiro atoms. The van der Waals surface area contributed by atoms with E-state index in [0.29, 0.717) is 5.02 Å². The first-order valence-corrected chi connectivity index (χ1v) is 6.16. The SMILES string of the molecule is COC(=O)c1cc(Cl)cn1/N=C/c1ccc(OC)cc1. The van der Waals surface area contributed by atoms with Crippen molar-refractivity contribution >= 4 is 23.8 Å². The maximum atomic E-state index is 11.6. The molecule has 0 aliphatic heterocycles. The summed E-state index contributed by atoms with van der Waals surface area (Å²) in [6.45, 7) is 0. The van der Waals surface area contributed by atoms with Gasteiger partial charge in [0.15, 0.2) is 5.69 Å². The number of esters is 1. The molecular formula is C14H13ClN2O3. The van der Waals surface area contributed by atoms with Gasteiger partial charge in [0, 0.05) is 6.20 Å². The van der Waals surface area contributed by atoms with Crippen LogP contribution in [0, 0.1) is 0 Å². The predicted molar refractivity (Wildman–Crippen MR) is 76.8 cm³/mol. The van der Waals surface area contributed by atoms with Crippen molar-refractivity contribution < 1.29 is 14.3 Å². The molecule has 0 unspecified atom stereocenters. The zero-order valence-corrected chi connectivity index (χ0v) is 11.8. The highest BCUT2D eigenvalue weighted by atomic mass is 35.5. The van der Waals surface area contributed by atoms with Crippen LogP contribution in [0.5, 0.6) is 5.75 Å². The van der Waals surface area contributed by atoms with Crippen LogP contribution >= 0.6 is 11.6 Å². The minimum absolute atomic E-state index is 0.266. The van der Waals surface area contributed by atoms with Crippen LogP contribution < -0.4 is 4.74 Å². The first-order valence-electron chi connectivity index (χ1n) is 5.78. The number of rotatable bonds is 4. The van der Waals surface area contributed by atoms with E-state index >= 15 is 0 Å². The van der Waals surface area contributed by atoms with Crippen molar-refractivity contribution in [3.05, 3.63) is 52.8 Å². The average Bonchev–Trinajstić information content (AvgIpc) is 2.86. The number of nitrogens with zero attached hydrogens (tertiary/aromatic N) is 2. The Kier molecular flexibility index (Phi) is 4.42. The predicted octanol–water partition coefficient (Wildman–Crippen LogP) is 2.82. The lowest BCUT2D eigenvalue weighted by atomic mass is 10.2.